The number of benzene rings is 1. The number of ether oxygens (including phenoxy) is 1. The van der Waals surface area contributed by atoms with Gasteiger partial charge >= 0.3 is 6.09 Å². The van der Waals surface area contributed by atoms with Gasteiger partial charge in [-0.2, -0.15) is 0 Å². The van der Waals surface area contributed by atoms with E-state index in [1.54, 1.807) is 4.90 Å². The second-order valence-electron chi connectivity index (χ2n) is 6.49. The number of aliphatic hydroxyl groups excluding tert-OH is 1. The van der Waals surface area contributed by atoms with Crippen LogP contribution in [0.15, 0.2) is 28.7 Å². The van der Waals surface area contributed by atoms with Crippen LogP contribution in [0.4, 0.5) is 4.79 Å². The summed E-state index contributed by atoms with van der Waals surface area (Å²) in [5.74, 6) is 0.203. The summed E-state index contributed by atoms with van der Waals surface area (Å²) in [6.45, 7) is 6.76. The van der Waals surface area contributed by atoms with Gasteiger partial charge in [-0.05, 0) is 38.5 Å². The SMILES string of the molecule is CC(C)(C)OC(=O)N1C[C@@H](CO)[C@H](c2ccc(Br)cc2)C1. The number of hydrogen-bond donors (Lipinski definition) is 1. The highest BCUT2D eigenvalue weighted by atomic mass is 79.9. The van der Waals surface area contributed by atoms with Crippen LogP contribution in [0.25, 0.3) is 0 Å². The Morgan fingerprint density at radius 1 is 1.33 bits per heavy atom. The van der Waals surface area contributed by atoms with Gasteiger partial charge in [0.25, 0.3) is 0 Å². The van der Waals surface area contributed by atoms with Crippen molar-refractivity contribution in [3.8, 4) is 0 Å². The van der Waals surface area contributed by atoms with Crippen LogP contribution in [0.2, 0.25) is 0 Å². The zero-order valence-corrected chi connectivity index (χ0v) is 14.3. The molecule has 0 radical (unpaired) electrons. The summed E-state index contributed by atoms with van der Waals surface area (Å²) in [7, 11) is 0. The standard InChI is InChI=1S/C16H22BrNO3/c1-16(2,3)21-15(20)18-8-12(10-19)14(9-18)11-4-6-13(17)7-5-11/h4-7,12,14,19H,8-10H2,1-3H3/t12-,14-/m0/s1. The zero-order valence-electron chi connectivity index (χ0n) is 12.7. The smallest absolute Gasteiger partial charge is 0.410 e. The number of halogens is 1. The van der Waals surface area contributed by atoms with Crippen molar-refractivity contribution in [1.82, 2.24) is 4.90 Å². The van der Waals surface area contributed by atoms with Crippen LogP contribution in [0.3, 0.4) is 0 Å². The molecule has 0 saturated carbocycles. The van der Waals surface area contributed by atoms with E-state index in [2.05, 4.69) is 15.9 Å². The van der Waals surface area contributed by atoms with Gasteiger partial charge in [0.05, 0.1) is 0 Å². The molecule has 0 unspecified atom stereocenters. The van der Waals surface area contributed by atoms with Gasteiger partial charge < -0.3 is 14.7 Å². The molecule has 5 heteroatoms. The third-order valence-electron chi connectivity index (χ3n) is 3.63. The van der Waals surface area contributed by atoms with Gasteiger partial charge in [-0.3, -0.25) is 0 Å². The Balaban J connectivity index is 2.10. The average molecular weight is 356 g/mol. The molecule has 1 aliphatic rings. The molecule has 0 aliphatic carbocycles. The molecule has 1 aromatic carbocycles. The van der Waals surface area contributed by atoms with E-state index in [1.165, 1.54) is 0 Å². The van der Waals surface area contributed by atoms with Crippen LogP contribution in [-0.4, -0.2) is 41.4 Å². The minimum Gasteiger partial charge on any atom is -0.444 e. The fourth-order valence-electron chi connectivity index (χ4n) is 2.62. The number of nitrogens with zero attached hydrogens (tertiary/aromatic N) is 1. The second-order valence-corrected chi connectivity index (χ2v) is 7.40. The summed E-state index contributed by atoms with van der Waals surface area (Å²) in [6.07, 6.45) is -0.305. The van der Waals surface area contributed by atoms with Crippen LogP contribution in [-0.2, 0) is 4.74 Å². The van der Waals surface area contributed by atoms with Gasteiger partial charge in [0.15, 0.2) is 0 Å². The topological polar surface area (TPSA) is 49.8 Å². The second kappa shape index (κ2) is 6.36. The molecule has 0 aromatic heterocycles. The van der Waals surface area contributed by atoms with Gasteiger partial charge in [0.2, 0.25) is 0 Å². The van der Waals surface area contributed by atoms with E-state index in [-0.39, 0.29) is 24.5 Å². The van der Waals surface area contributed by atoms with Crippen molar-refractivity contribution >= 4 is 22.0 Å². The number of amides is 1. The lowest BCUT2D eigenvalue weighted by Gasteiger charge is -2.24. The van der Waals surface area contributed by atoms with Gasteiger partial charge in [0, 0.05) is 36.0 Å². The molecule has 2 atom stereocenters. The first kappa shape index (κ1) is 16.3. The van der Waals surface area contributed by atoms with Crippen molar-refractivity contribution in [3.63, 3.8) is 0 Å². The highest BCUT2D eigenvalue weighted by molar-refractivity contribution is 9.10. The lowest BCUT2D eigenvalue weighted by molar-refractivity contribution is 0.0283. The summed E-state index contributed by atoms with van der Waals surface area (Å²) < 4.78 is 6.44. The van der Waals surface area contributed by atoms with Crippen LogP contribution in [0.1, 0.15) is 32.3 Å². The Morgan fingerprint density at radius 2 is 1.95 bits per heavy atom. The van der Waals surface area contributed by atoms with Crippen molar-refractivity contribution in [2.45, 2.75) is 32.3 Å². The van der Waals surface area contributed by atoms with E-state index in [9.17, 15) is 9.90 Å². The first-order valence-corrected chi connectivity index (χ1v) is 7.93. The van der Waals surface area contributed by atoms with Crippen molar-refractivity contribution in [3.05, 3.63) is 34.3 Å². The summed E-state index contributed by atoms with van der Waals surface area (Å²) in [5.41, 5.74) is 0.643. The first-order chi connectivity index (χ1) is 9.80. The van der Waals surface area contributed by atoms with E-state index >= 15 is 0 Å². The predicted molar refractivity (Wildman–Crippen MR) is 85.3 cm³/mol. The summed E-state index contributed by atoms with van der Waals surface area (Å²) in [4.78, 5) is 13.9. The number of carbonyl (C=O) groups is 1. The highest BCUT2D eigenvalue weighted by Crippen LogP contribution is 2.33. The Bertz CT molecular complexity index is 495. The fraction of sp³-hybridized carbons (Fsp3) is 0.562. The summed E-state index contributed by atoms with van der Waals surface area (Å²) in [5, 5.41) is 9.60. The van der Waals surface area contributed by atoms with Crippen LogP contribution < -0.4 is 0 Å². The maximum absolute atomic E-state index is 12.2. The van der Waals surface area contributed by atoms with E-state index in [0.29, 0.717) is 13.1 Å². The van der Waals surface area contributed by atoms with Gasteiger partial charge in [0.1, 0.15) is 5.60 Å². The van der Waals surface area contributed by atoms with E-state index < -0.39 is 5.60 Å². The first-order valence-electron chi connectivity index (χ1n) is 7.14. The summed E-state index contributed by atoms with van der Waals surface area (Å²) in [6, 6.07) is 8.05. The predicted octanol–water partition coefficient (Wildman–Crippen LogP) is 3.39. The summed E-state index contributed by atoms with van der Waals surface area (Å²) >= 11 is 3.42. The van der Waals surface area contributed by atoms with E-state index in [0.717, 1.165) is 10.0 Å². The third-order valence-corrected chi connectivity index (χ3v) is 4.15. The third kappa shape index (κ3) is 4.20. The molecule has 1 N–H and O–H groups in total. The molecule has 1 heterocycles. The van der Waals surface area contributed by atoms with Gasteiger partial charge in [-0.15, -0.1) is 0 Å². The minimum absolute atomic E-state index is 0.0543. The minimum atomic E-state index is -0.499. The molecule has 116 valence electrons. The maximum atomic E-state index is 12.2. The zero-order chi connectivity index (χ0) is 15.6. The Morgan fingerprint density at radius 3 is 2.48 bits per heavy atom. The van der Waals surface area contributed by atoms with Gasteiger partial charge in [-0.1, -0.05) is 28.1 Å². The number of rotatable bonds is 2. The number of likely N-dealkylation sites (tertiary alicyclic amines) is 1. The average Bonchev–Trinajstić information content (AvgIpc) is 2.82. The molecule has 1 fully saturated rings. The van der Waals surface area contributed by atoms with E-state index in [4.69, 9.17) is 4.74 Å². The van der Waals surface area contributed by atoms with Gasteiger partial charge in [-0.25, -0.2) is 4.79 Å². The lowest BCUT2D eigenvalue weighted by atomic mass is 9.90. The molecule has 0 bridgehead atoms. The molecular weight excluding hydrogens is 334 g/mol. The number of hydrogen-bond acceptors (Lipinski definition) is 3. The van der Waals surface area contributed by atoms with Crippen LogP contribution >= 0.6 is 15.9 Å². The molecule has 1 aromatic rings. The maximum Gasteiger partial charge on any atom is 0.410 e. The molecule has 1 aliphatic heterocycles. The van der Waals surface area contributed by atoms with Crippen LogP contribution in [0.5, 0.6) is 0 Å². The Labute approximate surface area is 134 Å². The molecule has 2 rings (SSSR count). The molecule has 0 spiro atoms. The largest absolute Gasteiger partial charge is 0.444 e. The molecule has 1 saturated heterocycles. The van der Waals surface area contributed by atoms with Crippen molar-refractivity contribution in [2.75, 3.05) is 19.7 Å². The molecular formula is C16H22BrNO3. The van der Waals surface area contributed by atoms with Crippen molar-refractivity contribution < 1.29 is 14.6 Å². The van der Waals surface area contributed by atoms with Crippen molar-refractivity contribution in [1.29, 1.82) is 0 Å². The van der Waals surface area contributed by atoms with Crippen LogP contribution in [0, 0.1) is 5.92 Å². The quantitative estimate of drug-likeness (QED) is 0.884. The Kier molecular flexibility index (Phi) is 4.94. The van der Waals surface area contributed by atoms with E-state index in [1.807, 2.05) is 45.0 Å². The Hall–Kier alpha value is -1.07. The lowest BCUT2D eigenvalue weighted by Crippen LogP contribution is -2.35. The number of carbonyl (C=O) groups excluding carboxylic acids is 1. The van der Waals surface area contributed by atoms with Crippen molar-refractivity contribution in [2.24, 2.45) is 5.92 Å². The molecule has 21 heavy (non-hydrogen) atoms. The highest BCUT2D eigenvalue weighted by Gasteiger charge is 2.37. The molecule has 4 nitrogen and oxygen atoms in total. The number of aliphatic hydroxyl groups is 1. The normalized spacial score (nSPS) is 22.4. The molecule has 1 amide bonds. The monoisotopic (exact) mass is 355 g/mol. The fourth-order valence-corrected chi connectivity index (χ4v) is 2.88.